The van der Waals surface area contributed by atoms with Crippen LogP contribution in [0, 0.1) is 0 Å². The van der Waals surface area contributed by atoms with E-state index in [9.17, 15) is 9.90 Å². The normalized spacial score (nSPS) is 19.8. The number of aliphatic hydroxyl groups is 1. The highest BCUT2D eigenvalue weighted by Gasteiger charge is 2.30. The highest BCUT2D eigenvalue weighted by atomic mass is 16.6. The molecule has 2 N–H and O–H groups in total. The molecule has 156 valence electrons. The molecule has 1 fully saturated rings. The predicted molar refractivity (Wildman–Crippen MR) is 113 cm³/mol. The number of nitrogens with one attached hydrogen (secondary N) is 1. The van der Waals surface area contributed by atoms with Crippen molar-refractivity contribution in [3.8, 4) is 0 Å². The number of benzene rings is 1. The third kappa shape index (κ3) is 6.95. The summed E-state index contributed by atoms with van der Waals surface area (Å²) in [7, 11) is 0. The molecule has 5 heteroatoms. The summed E-state index contributed by atoms with van der Waals surface area (Å²) in [6, 6.07) is 10.0. The van der Waals surface area contributed by atoms with Gasteiger partial charge in [0.15, 0.2) is 0 Å². The van der Waals surface area contributed by atoms with Crippen LogP contribution in [0.2, 0.25) is 0 Å². The van der Waals surface area contributed by atoms with E-state index in [1.54, 1.807) is 4.90 Å². The van der Waals surface area contributed by atoms with Crippen molar-refractivity contribution in [1.82, 2.24) is 10.2 Å². The van der Waals surface area contributed by atoms with Crippen molar-refractivity contribution in [3.05, 3.63) is 48.0 Å². The number of piperidine rings is 1. The molecule has 0 radical (unpaired) electrons. The Kier molecular flexibility index (Phi) is 7.67. The number of carbonyl (C=O) groups excluding carboxylic acids is 1. The molecule has 1 aliphatic rings. The zero-order valence-corrected chi connectivity index (χ0v) is 17.8. The highest BCUT2D eigenvalue weighted by molar-refractivity contribution is 5.68. The maximum Gasteiger partial charge on any atom is 0.410 e. The topological polar surface area (TPSA) is 61.8 Å². The van der Waals surface area contributed by atoms with Crippen molar-refractivity contribution in [2.45, 2.75) is 70.6 Å². The fourth-order valence-corrected chi connectivity index (χ4v) is 3.70. The van der Waals surface area contributed by atoms with E-state index in [4.69, 9.17) is 4.74 Å². The first-order chi connectivity index (χ1) is 13.1. The van der Waals surface area contributed by atoms with Crippen LogP contribution in [0.15, 0.2) is 42.5 Å². The Morgan fingerprint density at radius 1 is 1.32 bits per heavy atom. The molecule has 2 rings (SSSR count). The van der Waals surface area contributed by atoms with Crippen LogP contribution in [0.5, 0.6) is 0 Å². The minimum absolute atomic E-state index is 0.214. The molecule has 1 amide bonds. The third-order valence-corrected chi connectivity index (χ3v) is 4.95. The van der Waals surface area contributed by atoms with Gasteiger partial charge in [0, 0.05) is 25.6 Å². The molecule has 2 unspecified atom stereocenters. The minimum atomic E-state index is -0.931. The van der Waals surface area contributed by atoms with Gasteiger partial charge in [0.2, 0.25) is 0 Å². The molecule has 1 aromatic rings. The first-order valence-corrected chi connectivity index (χ1v) is 10.2. The number of likely N-dealkylation sites (tertiary alicyclic amines) is 1. The minimum Gasteiger partial charge on any atom is -0.444 e. The lowest BCUT2D eigenvalue weighted by Crippen LogP contribution is -2.50. The molecule has 28 heavy (non-hydrogen) atoms. The lowest BCUT2D eigenvalue weighted by molar-refractivity contribution is 0.0156. The van der Waals surface area contributed by atoms with Gasteiger partial charge in [-0.15, -0.1) is 6.58 Å². The van der Waals surface area contributed by atoms with E-state index in [1.165, 1.54) is 0 Å². The van der Waals surface area contributed by atoms with E-state index in [0.717, 1.165) is 30.5 Å². The second kappa shape index (κ2) is 9.57. The monoisotopic (exact) mass is 388 g/mol. The third-order valence-electron chi connectivity index (χ3n) is 4.95. The van der Waals surface area contributed by atoms with Crippen LogP contribution in [0.1, 0.15) is 58.9 Å². The average molecular weight is 389 g/mol. The number of carbonyl (C=O) groups is 1. The number of ether oxygens (including phenoxy) is 1. The van der Waals surface area contributed by atoms with Crippen molar-refractivity contribution in [1.29, 1.82) is 0 Å². The number of hydrogen-bond acceptors (Lipinski definition) is 4. The maximum atomic E-state index is 12.3. The Bertz CT molecular complexity index is 654. The lowest BCUT2D eigenvalue weighted by atomic mass is 9.85. The van der Waals surface area contributed by atoms with E-state index in [2.05, 4.69) is 11.9 Å². The summed E-state index contributed by atoms with van der Waals surface area (Å²) in [6.45, 7) is 13.6. The van der Waals surface area contributed by atoms with Gasteiger partial charge in [-0.25, -0.2) is 4.79 Å². The van der Waals surface area contributed by atoms with Gasteiger partial charge >= 0.3 is 6.09 Å². The zero-order chi connectivity index (χ0) is 20.8. The standard InChI is InChI=1S/C23H36N2O3/c1-18(2)16-23(27,19-10-7-6-8-11-19)13-14-24-20-12-9-15-25(17-20)21(26)28-22(3,4)5/h6-8,10-11,20,24,27H,1,9,12-17H2,2-5H3. The fraction of sp³-hybridized carbons (Fsp3) is 0.609. The van der Waals surface area contributed by atoms with Gasteiger partial charge in [-0.05, 0) is 59.1 Å². The van der Waals surface area contributed by atoms with E-state index < -0.39 is 11.2 Å². The Balaban J connectivity index is 1.91. The molecule has 5 nitrogen and oxygen atoms in total. The van der Waals surface area contributed by atoms with Crippen molar-refractivity contribution in [2.75, 3.05) is 19.6 Å². The highest BCUT2D eigenvalue weighted by Crippen LogP contribution is 2.31. The van der Waals surface area contributed by atoms with Gasteiger partial charge < -0.3 is 20.1 Å². The summed E-state index contributed by atoms with van der Waals surface area (Å²) < 4.78 is 5.50. The molecule has 0 saturated carbocycles. The van der Waals surface area contributed by atoms with Gasteiger partial charge in [0.25, 0.3) is 0 Å². The number of hydrogen-bond donors (Lipinski definition) is 2. The summed E-state index contributed by atoms with van der Waals surface area (Å²) in [5, 5.41) is 14.8. The molecule has 0 bridgehead atoms. The summed E-state index contributed by atoms with van der Waals surface area (Å²) >= 11 is 0. The van der Waals surface area contributed by atoms with Gasteiger partial charge in [0.05, 0.1) is 5.60 Å². The van der Waals surface area contributed by atoms with E-state index in [-0.39, 0.29) is 12.1 Å². The van der Waals surface area contributed by atoms with Gasteiger partial charge in [-0.3, -0.25) is 0 Å². The maximum absolute atomic E-state index is 12.3. The van der Waals surface area contributed by atoms with Crippen LogP contribution in [0.4, 0.5) is 4.79 Å². The van der Waals surface area contributed by atoms with Crippen LogP contribution in [0.3, 0.4) is 0 Å². The lowest BCUT2D eigenvalue weighted by Gasteiger charge is -2.35. The second-order valence-corrected chi connectivity index (χ2v) is 9.00. The SMILES string of the molecule is C=C(C)CC(O)(CCNC1CCCN(C(=O)OC(C)(C)C)C1)c1ccccc1. The molecule has 1 aromatic carbocycles. The zero-order valence-electron chi connectivity index (χ0n) is 17.8. The van der Waals surface area contributed by atoms with Crippen LogP contribution in [0.25, 0.3) is 0 Å². The second-order valence-electron chi connectivity index (χ2n) is 9.00. The fourth-order valence-electron chi connectivity index (χ4n) is 3.70. The molecular weight excluding hydrogens is 352 g/mol. The largest absolute Gasteiger partial charge is 0.444 e. The van der Waals surface area contributed by atoms with Crippen LogP contribution in [-0.4, -0.2) is 47.4 Å². The smallest absolute Gasteiger partial charge is 0.410 e. The van der Waals surface area contributed by atoms with Gasteiger partial charge in [-0.1, -0.05) is 35.9 Å². The summed E-state index contributed by atoms with van der Waals surface area (Å²) in [5.41, 5.74) is 0.463. The van der Waals surface area contributed by atoms with Crippen LogP contribution in [-0.2, 0) is 10.3 Å². The van der Waals surface area contributed by atoms with Crippen molar-refractivity contribution < 1.29 is 14.6 Å². The van der Waals surface area contributed by atoms with E-state index in [0.29, 0.717) is 25.9 Å². The van der Waals surface area contributed by atoms with Gasteiger partial charge in [-0.2, -0.15) is 0 Å². The molecular formula is C23H36N2O3. The Morgan fingerprint density at radius 3 is 2.61 bits per heavy atom. The van der Waals surface area contributed by atoms with E-state index >= 15 is 0 Å². The molecule has 0 spiro atoms. The number of rotatable bonds is 7. The van der Waals surface area contributed by atoms with E-state index in [1.807, 2.05) is 58.0 Å². The van der Waals surface area contributed by atoms with Crippen molar-refractivity contribution in [2.24, 2.45) is 0 Å². The Morgan fingerprint density at radius 2 is 2.00 bits per heavy atom. The Labute approximate surface area is 169 Å². The van der Waals surface area contributed by atoms with Crippen LogP contribution < -0.4 is 5.32 Å². The quantitative estimate of drug-likeness (QED) is 0.687. The summed E-state index contributed by atoms with van der Waals surface area (Å²) in [6.07, 6.45) is 2.84. The molecule has 2 atom stereocenters. The van der Waals surface area contributed by atoms with Gasteiger partial charge in [0.1, 0.15) is 5.60 Å². The number of nitrogens with zero attached hydrogens (tertiary/aromatic N) is 1. The first kappa shape index (κ1) is 22.4. The predicted octanol–water partition coefficient (Wildman–Crippen LogP) is 4.22. The average Bonchev–Trinajstić information content (AvgIpc) is 2.61. The molecule has 1 aliphatic heterocycles. The number of amides is 1. The molecule has 1 saturated heterocycles. The molecule has 0 aliphatic carbocycles. The first-order valence-electron chi connectivity index (χ1n) is 10.2. The van der Waals surface area contributed by atoms with Crippen molar-refractivity contribution >= 4 is 6.09 Å². The summed E-state index contributed by atoms with van der Waals surface area (Å²) in [4.78, 5) is 14.1. The molecule has 0 aromatic heterocycles. The Hall–Kier alpha value is -1.85. The summed E-state index contributed by atoms with van der Waals surface area (Å²) in [5.74, 6) is 0. The molecule has 1 heterocycles. The van der Waals surface area contributed by atoms with Crippen molar-refractivity contribution in [3.63, 3.8) is 0 Å². The van der Waals surface area contributed by atoms with Crippen LogP contribution >= 0.6 is 0 Å².